The Morgan fingerprint density at radius 3 is 2.43 bits per heavy atom. The number of likely N-dealkylation sites (tertiary alicyclic amines) is 1. The number of hydrogen-bond acceptors (Lipinski definition) is 4. The molecule has 2 aromatic carbocycles. The monoisotopic (exact) mass is 376 g/mol. The Morgan fingerprint density at radius 2 is 1.71 bits per heavy atom. The van der Waals surface area contributed by atoms with E-state index in [0.717, 1.165) is 12.2 Å². The van der Waals surface area contributed by atoms with Gasteiger partial charge in [-0.1, -0.05) is 18.2 Å². The minimum Gasteiger partial charge on any atom is -0.459 e. The van der Waals surface area contributed by atoms with Crippen molar-refractivity contribution in [3.05, 3.63) is 78.8 Å². The molecule has 1 unspecified atom stereocenters. The van der Waals surface area contributed by atoms with E-state index in [9.17, 15) is 9.59 Å². The van der Waals surface area contributed by atoms with Crippen molar-refractivity contribution < 1.29 is 18.7 Å². The van der Waals surface area contributed by atoms with E-state index in [1.807, 2.05) is 30.3 Å². The fraction of sp³-hybridized carbons (Fsp3) is 0.182. The van der Waals surface area contributed by atoms with Crippen LogP contribution in [0.2, 0.25) is 0 Å². The molecule has 2 heterocycles. The molecule has 2 amide bonds. The number of rotatable bonds is 5. The summed E-state index contributed by atoms with van der Waals surface area (Å²) in [5, 5.41) is 2.89. The second-order valence-corrected chi connectivity index (χ2v) is 6.56. The van der Waals surface area contributed by atoms with Crippen LogP contribution in [0.3, 0.4) is 0 Å². The van der Waals surface area contributed by atoms with Gasteiger partial charge in [-0.2, -0.15) is 0 Å². The number of hydrogen-bond donors (Lipinski definition) is 1. The van der Waals surface area contributed by atoms with Crippen LogP contribution in [-0.4, -0.2) is 29.3 Å². The van der Waals surface area contributed by atoms with Gasteiger partial charge in [0.1, 0.15) is 17.5 Å². The van der Waals surface area contributed by atoms with Gasteiger partial charge in [0.15, 0.2) is 5.76 Å². The lowest BCUT2D eigenvalue weighted by molar-refractivity contribution is -0.119. The number of furan rings is 1. The van der Waals surface area contributed by atoms with Crippen molar-refractivity contribution in [1.82, 2.24) is 4.90 Å². The molecule has 142 valence electrons. The summed E-state index contributed by atoms with van der Waals surface area (Å²) in [4.78, 5) is 26.8. The second kappa shape index (κ2) is 8.00. The van der Waals surface area contributed by atoms with Gasteiger partial charge >= 0.3 is 0 Å². The van der Waals surface area contributed by atoms with Gasteiger partial charge in [-0.15, -0.1) is 0 Å². The van der Waals surface area contributed by atoms with Crippen molar-refractivity contribution >= 4 is 17.5 Å². The number of para-hydroxylation sites is 1. The van der Waals surface area contributed by atoms with Crippen molar-refractivity contribution in [1.29, 1.82) is 0 Å². The highest BCUT2D eigenvalue weighted by Gasteiger charge is 2.35. The van der Waals surface area contributed by atoms with Gasteiger partial charge in [-0.3, -0.25) is 9.59 Å². The topological polar surface area (TPSA) is 71.8 Å². The minimum atomic E-state index is -0.502. The summed E-state index contributed by atoms with van der Waals surface area (Å²) in [7, 11) is 0. The van der Waals surface area contributed by atoms with Gasteiger partial charge in [0.05, 0.1) is 6.26 Å². The summed E-state index contributed by atoms with van der Waals surface area (Å²) < 4.78 is 10.9. The van der Waals surface area contributed by atoms with E-state index in [0.29, 0.717) is 24.4 Å². The zero-order valence-electron chi connectivity index (χ0n) is 15.2. The Morgan fingerprint density at radius 1 is 0.964 bits per heavy atom. The highest BCUT2D eigenvalue weighted by Crippen LogP contribution is 2.25. The Hall–Kier alpha value is -3.54. The number of benzene rings is 2. The molecule has 28 heavy (non-hydrogen) atoms. The van der Waals surface area contributed by atoms with Crippen molar-refractivity contribution in [2.24, 2.45) is 0 Å². The molecule has 1 aliphatic rings. The molecule has 0 saturated carbocycles. The van der Waals surface area contributed by atoms with Crippen LogP contribution in [0, 0.1) is 0 Å². The molecule has 0 aliphatic carbocycles. The van der Waals surface area contributed by atoms with Crippen LogP contribution in [0.1, 0.15) is 23.4 Å². The minimum absolute atomic E-state index is 0.200. The molecule has 1 saturated heterocycles. The molecular weight excluding hydrogens is 356 g/mol. The molecule has 1 fully saturated rings. The molecule has 6 nitrogen and oxygen atoms in total. The van der Waals surface area contributed by atoms with E-state index in [4.69, 9.17) is 9.15 Å². The van der Waals surface area contributed by atoms with Crippen molar-refractivity contribution in [3.63, 3.8) is 0 Å². The molecule has 1 N–H and O–H groups in total. The third-order valence-corrected chi connectivity index (χ3v) is 4.65. The molecule has 3 aromatic rings. The molecule has 0 spiro atoms. The molecular formula is C22H20N2O4. The van der Waals surface area contributed by atoms with Gasteiger partial charge in [0, 0.05) is 12.2 Å². The Labute approximate surface area is 162 Å². The normalized spacial score (nSPS) is 16.0. The number of carbonyl (C=O) groups is 2. The summed E-state index contributed by atoms with van der Waals surface area (Å²) in [6, 6.07) is 19.4. The van der Waals surface area contributed by atoms with Gasteiger partial charge in [0.25, 0.3) is 5.91 Å². The number of nitrogens with one attached hydrogen (secondary N) is 1. The first kappa shape index (κ1) is 17.9. The molecule has 1 aromatic heterocycles. The van der Waals surface area contributed by atoms with Gasteiger partial charge in [0.2, 0.25) is 5.91 Å². The maximum Gasteiger partial charge on any atom is 0.290 e. The molecule has 1 aliphatic heterocycles. The third-order valence-electron chi connectivity index (χ3n) is 4.65. The maximum absolute atomic E-state index is 12.7. The second-order valence-electron chi connectivity index (χ2n) is 6.56. The lowest BCUT2D eigenvalue weighted by Crippen LogP contribution is -2.43. The largest absolute Gasteiger partial charge is 0.459 e. The SMILES string of the molecule is O=C(Nc1ccc(Oc2ccccc2)cc1)C1CCCN1C(=O)c1ccco1. The number of nitrogens with zero attached hydrogens (tertiary/aromatic N) is 1. The van der Waals surface area contributed by atoms with Crippen LogP contribution in [0.15, 0.2) is 77.4 Å². The van der Waals surface area contributed by atoms with E-state index in [1.165, 1.54) is 6.26 Å². The molecule has 6 heteroatoms. The fourth-order valence-electron chi connectivity index (χ4n) is 3.28. The van der Waals surface area contributed by atoms with Crippen molar-refractivity contribution in [2.45, 2.75) is 18.9 Å². The maximum atomic E-state index is 12.7. The standard InChI is InChI=1S/C22H20N2O4/c25-21(19-8-4-14-24(19)22(26)20-9-5-15-27-20)23-16-10-12-18(13-11-16)28-17-6-2-1-3-7-17/h1-3,5-7,9-13,15,19H,4,8,14H2,(H,23,25). The van der Waals surface area contributed by atoms with E-state index in [1.54, 1.807) is 41.3 Å². The van der Waals surface area contributed by atoms with E-state index < -0.39 is 6.04 Å². The smallest absolute Gasteiger partial charge is 0.290 e. The lowest BCUT2D eigenvalue weighted by Gasteiger charge is -2.23. The first-order valence-corrected chi connectivity index (χ1v) is 9.19. The fourth-order valence-corrected chi connectivity index (χ4v) is 3.28. The van der Waals surface area contributed by atoms with Crippen LogP contribution in [-0.2, 0) is 4.79 Å². The Balaban J connectivity index is 1.39. The third kappa shape index (κ3) is 3.91. The van der Waals surface area contributed by atoms with Crippen LogP contribution in [0.5, 0.6) is 11.5 Å². The van der Waals surface area contributed by atoms with Crippen LogP contribution in [0.25, 0.3) is 0 Å². The van der Waals surface area contributed by atoms with Gasteiger partial charge < -0.3 is 19.4 Å². The number of ether oxygens (including phenoxy) is 1. The Kier molecular flexibility index (Phi) is 5.10. The van der Waals surface area contributed by atoms with Crippen molar-refractivity contribution in [2.75, 3.05) is 11.9 Å². The lowest BCUT2D eigenvalue weighted by atomic mass is 10.2. The number of carbonyl (C=O) groups excluding carboxylic acids is 2. The average Bonchev–Trinajstić information content (AvgIpc) is 3.42. The molecule has 1 atom stereocenters. The highest BCUT2D eigenvalue weighted by molar-refractivity contribution is 6.00. The van der Waals surface area contributed by atoms with E-state index in [2.05, 4.69) is 5.32 Å². The number of anilines is 1. The summed E-state index contributed by atoms with van der Waals surface area (Å²) in [6.45, 7) is 0.543. The highest BCUT2D eigenvalue weighted by atomic mass is 16.5. The summed E-state index contributed by atoms with van der Waals surface area (Å²) in [6.07, 6.45) is 2.87. The van der Waals surface area contributed by atoms with E-state index >= 15 is 0 Å². The zero-order chi connectivity index (χ0) is 19.3. The average molecular weight is 376 g/mol. The first-order valence-electron chi connectivity index (χ1n) is 9.19. The summed E-state index contributed by atoms with van der Waals surface area (Å²) in [5.41, 5.74) is 0.655. The zero-order valence-corrected chi connectivity index (χ0v) is 15.2. The summed E-state index contributed by atoms with van der Waals surface area (Å²) >= 11 is 0. The predicted octanol–water partition coefficient (Wildman–Crippen LogP) is 4.32. The predicted molar refractivity (Wildman–Crippen MR) is 104 cm³/mol. The van der Waals surface area contributed by atoms with Crippen molar-refractivity contribution in [3.8, 4) is 11.5 Å². The summed E-state index contributed by atoms with van der Waals surface area (Å²) in [5.74, 6) is 1.22. The van der Waals surface area contributed by atoms with Crippen LogP contribution in [0.4, 0.5) is 5.69 Å². The Bertz CT molecular complexity index is 936. The molecule has 0 bridgehead atoms. The molecule has 0 radical (unpaired) electrons. The van der Waals surface area contributed by atoms with E-state index in [-0.39, 0.29) is 17.6 Å². The molecule has 4 rings (SSSR count). The first-order chi connectivity index (χ1) is 13.7. The number of amides is 2. The van der Waals surface area contributed by atoms with Crippen LogP contribution < -0.4 is 10.1 Å². The van der Waals surface area contributed by atoms with Gasteiger partial charge in [-0.05, 0) is 61.4 Å². The van der Waals surface area contributed by atoms with Gasteiger partial charge in [-0.25, -0.2) is 0 Å². The quantitative estimate of drug-likeness (QED) is 0.720. The van der Waals surface area contributed by atoms with Crippen LogP contribution >= 0.6 is 0 Å².